The summed E-state index contributed by atoms with van der Waals surface area (Å²) >= 11 is 1.81. The van der Waals surface area contributed by atoms with Crippen molar-refractivity contribution < 1.29 is 0 Å². The van der Waals surface area contributed by atoms with Gasteiger partial charge in [-0.1, -0.05) is 13.8 Å². The highest BCUT2D eigenvalue weighted by Gasteiger charge is 2.06. The van der Waals surface area contributed by atoms with Crippen LogP contribution in [0.2, 0.25) is 0 Å². The van der Waals surface area contributed by atoms with E-state index in [9.17, 15) is 0 Å². The molecular formula is C11H13NS. The van der Waals surface area contributed by atoms with Gasteiger partial charge in [0.05, 0.1) is 0 Å². The Kier molecular flexibility index (Phi) is 2.08. The number of hydrogen-bond acceptors (Lipinski definition) is 2. The van der Waals surface area contributed by atoms with E-state index < -0.39 is 0 Å². The standard InChI is InChI=1S/C11H13NS/c1-7(2)10-6-9-8(3)4-5-12-11(9)13-10/h4-7H,1-3H3. The van der Waals surface area contributed by atoms with Crippen LogP contribution in [0, 0.1) is 6.92 Å². The fourth-order valence-electron chi connectivity index (χ4n) is 1.37. The summed E-state index contributed by atoms with van der Waals surface area (Å²) in [6.45, 7) is 6.58. The zero-order valence-corrected chi connectivity index (χ0v) is 8.98. The Labute approximate surface area is 82.4 Å². The topological polar surface area (TPSA) is 12.9 Å². The van der Waals surface area contributed by atoms with Crippen LogP contribution in [-0.4, -0.2) is 4.98 Å². The third-order valence-corrected chi connectivity index (χ3v) is 3.59. The highest BCUT2D eigenvalue weighted by molar-refractivity contribution is 7.18. The molecule has 2 rings (SSSR count). The van der Waals surface area contributed by atoms with Gasteiger partial charge >= 0.3 is 0 Å². The van der Waals surface area contributed by atoms with Gasteiger partial charge in [-0.05, 0) is 30.5 Å². The molecule has 0 N–H and O–H groups in total. The van der Waals surface area contributed by atoms with Crippen molar-refractivity contribution in [3.63, 3.8) is 0 Å². The summed E-state index contributed by atoms with van der Waals surface area (Å²) in [5, 5.41) is 1.32. The number of thiophene rings is 1. The van der Waals surface area contributed by atoms with E-state index in [2.05, 4.69) is 37.9 Å². The normalized spacial score (nSPS) is 11.4. The summed E-state index contributed by atoms with van der Waals surface area (Å²) in [5.41, 5.74) is 1.33. The number of aryl methyl sites for hydroxylation is 1. The molecule has 0 fully saturated rings. The van der Waals surface area contributed by atoms with Gasteiger partial charge in [0.15, 0.2) is 0 Å². The molecule has 2 heteroatoms. The highest BCUT2D eigenvalue weighted by Crippen LogP contribution is 2.30. The predicted molar refractivity (Wildman–Crippen MR) is 58.4 cm³/mol. The Morgan fingerprint density at radius 1 is 1.38 bits per heavy atom. The van der Waals surface area contributed by atoms with Crippen LogP contribution in [0.5, 0.6) is 0 Å². The zero-order chi connectivity index (χ0) is 9.42. The van der Waals surface area contributed by atoms with E-state index in [-0.39, 0.29) is 0 Å². The van der Waals surface area contributed by atoms with E-state index in [1.54, 1.807) is 0 Å². The first-order chi connectivity index (χ1) is 6.18. The van der Waals surface area contributed by atoms with Crippen LogP contribution in [0.4, 0.5) is 0 Å². The highest BCUT2D eigenvalue weighted by atomic mass is 32.1. The van der Waals surface area contributed by atoms with Gasteiger partial charge in [-0.3, -0.25) is 0 Å². The second-order valence-corrected chi connectivity index (χ2v) is 4.71. The summed E-state index contributed by atoms with van der Waals surface area (Å²) in [4.78, 5) is 6.96. The molecule has 68 valence electrons. The second kappa shape index (κ2) is 3.11. The number of aromatic nitrogens is 1. The first-order valence-electron chi connectivity index (χ1n) is 4.53. The lowest BCUT2D eigenvalue weighted by Gasteiger charge is -1.96. The minimum absolute atomic E-state index is 0.610. The van der Waals surface area contributed by atoms with Crippen molar-refractivity contribution >= 4 is 21.6 Å². The van der Waals surface area contributed by atoms with Gasteiger partial charge in [-0.15, -0.1) is 11.3 Å². The van der Waals surface area contributed by atoms with Crippen molar-refractivity contribution in [1.82, 2.24) is 4.98 Å². The maximum atomic E-state index is 4.36. The van der Waals surface area contributed by atoms with Crippen LogP contribution in [0.3, 0.4) is 0 Å². The maximum Gasteiger partial charge on any atom is 0.123 e. The van der Waals surface area contributed by atoms with E-state index in [1.807, 2.05) is 17.5 Å². The zero-order valence-electron chi connectivity index (χ0n) is 8.16. The number of rotatable bonds is 1. The van der Waals surface area contributed by atoms with E-state index in [0.29, 0.717) is 5.92 Å². The Morgan fingerprint density at radius 2 is 2.15 bits per heavy atom. The smallest absolute Gasteiger partial charge is 0.123 e. The predicted octanol–water partition coefficient (Wildman–Crippen LogP) is 3.73. The summed E-state index contributed by atoms with van der Waals surface area (Å²) in [6, 6.07) is 4.34. The van der Waals surface area contributed by atoms with Gasteiger partial charge in [0.25, 0.3) is 0 Å². The van der Waals surface area contributed by atoms with Crippen LogP contribution in [0.1, 0.15) is 30.2 Å². The molecule has 0 aliphatic carbocycles. The SMILES string of the molecule is Cc1ccnc2sc(C(C)C)cc12. The van der Waals surface area contributed by atoms with Gasteiger partial charge in [0.2, 0.25) is 0 Å². The van der Waals surface area contributed by atoms with Crippen molar-refractivity contribution in [3.8, 4) is 0 Å². The fourth-order valence-corrected chi connectivity index (χ4v) is 2.45. The monoisotopic (exact) mass is 191 g/mol. The maximum absolute atomic E-state index is 4.36. The molecule has 1 nitrogen and oxygen atoms in total. The van der Waals surface area contributed by atoms with E-state index in [0.717, 1.165) is 0 Å². The molecule has 2 aromatic heterocycles. The third kappa shape index (κ3) is 1.46. The summed E-state index contributed by atoms with van der Waals surface area (Å²) in [5.74, 6) is 0.610. The van der Waals surface area contributed by atoms with Crippen LogP contribution >= 0.6 is 11.3 Å². The van der Waals surface area contributed by atoms with Crippen LogP contribution in [-0.2, 0) is 0 Å². The summed E-state index contributed by atoms with van der Waals surface area (Å²) < 4.78 is 0. The third-order valence-electron chi connectivity index (χ3n) is 2.24. The van der Waals surface area contributed by atoms with Crippen molar-refractivity contribution in [2.45, 2.75) is 26.7 Å². The van der Waals surface area contributed by atoms with Crippen molar-refractivity contribution in [2.75, 3.05) is 0 Å². The lowest BCUT2D eigenvalue weighted by atomic mass is 10.1. The van der Waals surface area contributed by atoms with E-state index >= 15 is 0 Å². The Balaban J connectivity index is 2.68. The fraction of sp³-hybridized carbons (Fsp3) is 0.364. The number of hydrogen-bond donors (Lipinski definition) is 0. The molecule has 0 amide bonds. The Bertz CT molecular complexity index is 429. The van der Waals surface area contributed by atoms with Gasteiger partial charge < -0.3 is 0 Å². The van der Waals surface area contributed by atoms with Crippen molar-refractivity contribution in [2.24, 2.45) is 0 Å². The molecule has 0 radical (unpaired) electrons. The molecule has 13 heavy (non-hydrogen) atoms. The van der Waals surface area contributed by atoms with Crippen LogP contribution < -0.4 is 0 Å². The van der Waals surface area contributed by atoms with Gasteiger partial charge in [-0.2, -0.15) is 0 Å². The molecule has 0 atom stereocenters. The van der Waals surface area contributed by atoms with Crippen LogP contribution in [0.25, 0.3) is 10.2 Å². The quantitative estimate of drug-likeness (QED) is 0.669. The Hall–Kier alpha value is -0.890. The lowest BCUT2D eigenvalue weighted by Crippen LogP contribution is -1.78. The van der Waals surface area contributed by atoms with Crippen molar-refractivity contribution in [1.29, 1.82) is 0 Å². The second-order valence-electron chi connectivity index (χ2n) is 3.65. The minimum atomic E-state index is 0.610. The summed E-state index contributed by atoms with van der Waals surface area (Å²) in [7, 11) is 0. The number of nitrogens with zero attached hydrogens (tertiary/aromatic N) is 1. The Morgan fingerprint density at radius 3 is 2.77 bits per heavy atom. The molecule has 0 spiro atoms. The average Bonchev–Trinajstić information content (AvgIpc) is 2.49. The number of pyridine rings is 1. The molecule has 2 heterocycles. The molecule has 0 aliphatic rings. The molecule has 0 saturated carbocycles. The first-order valence-corrected chi connectivity index (χ1v) is 5.35. The largest absolute Gasteiger partial charge is 0.245 e. The van der Waals surface area contributed by atoms with Gasteiger partial charge in [-0.25, -0.2) is 4.98 Å². The molecule has 0 unspecified atom stereocenters. The van der Waals surface area contributed by atoms with E-state index in [4.69, 9.17) is 0 Å². The first kappa shape index (κ1) is 8.70. The van der Waals surface area contributed by atoms with Crippen molar-refractivity contribution in [3.05, 3.63) is 28.8 Å². The molecular weight excluding hydrogens is 178 g/mol. The summed E-state index contributed by atoms with van der Waals surface area (Å²) in [6.07, 6.45) is 1.89. The van der Waals surface area contributed by atoms with Gasteiger partial charge in [0.1, 0.15) is 4.83 Å². The molecule has 2 aromatic rings. The van der Waals surface area contributed by atoms with E-state index in [1.165, 1.54) is 20.7 Å². The van der Waals surface area contributed by atoms with Crippen LogP contribution in [0.15, 0.2) is 18.3 Å². The molecule has 0 aliphatic heterocycles. The van der Waals surface area contributed by atoms with Gasteiger partial charge in [0, 0.05) is 16.5 Å². The number of fused-ring (bicyclic) bond motifs is 1. The molecule has 0 saturated heterocycles. The molecule has 0 aromatic carbocycles. The average molecular weight is 191 g/mol. The minimum Gasteiger partial charge on any atom is -0.245 e. The molecule has 0 bridgehead atoms. The lowest BCUT2D eigenvalue weighted by molar-refractivity contribution is 0.890.